The molecule has 0 saturated carbocycles. The molecular formula is C22H25N3O3. The van der Waals surface area contributed by atoms with Crippen molar-refractivity contribution >= 4 is 11.8 Å². The van der Waals surface area contributed by atoms with Crippen LogP contribution in [0.4, 0.5) is 5.82 Å². The van der Waals surface area contributed by atoms with E-state index in [1.807, 2.05) is 79.8 Å². The van der Waals surface area contributed by atoms with Gasteiger partial charge in [-0.25, -0.2) is 9.78 Å². The normalized spacial score (nSPS) is 11.8. The molecule has 6 nitrogen and oxygen atoms in total. The Morgan fingerprint density at radius 2 is 2.00 bits per heavy atom. The van der Waals surface area contributed by atoms with E-state index >= 15 is 0 Å². The third kappa shape index (κ3) is 5.13. The number of aliphatic carboxylic acids is 1. The van der Waals surface area contributed by atoms with Gasteiger partial charge < -0.3 is 19.3 Å². The summed E-state index contributed by atoms with van der Waals surface area (Å²) in [7, 11) is 1.98. The van der Waals surface area contributed by atoms with Crippen LogP contribution in [0.15, 0.2) is 67.1 Å². The van der Waals surface area contributed by atoms with Crippen LogP contribution in [0.5, 0.6) is 5.75 Å². The van der Waals surface area contributed by atoms with Gasteiger partial charge in [0.15, 0.2) is 0 Å². The molecule has 1 atom stereocenters. The Hall–Kier alpha value is -3.28. The average Bonchev–Trinajstić information content (AvgIpc) is 3.13. The molecule has 0 bridgehead atoms. The summed E-state index contributed by atoms with van der Waals surface area (Å²) in [5.74, 6) is 0.830. The largest absolute Gasteiger partial charge is 0.492 e. The Bertz CT molecular complexity index is 891. The first-order chi connectivity index (χ1) is 13.5. The predicted molar refractivity (Wildman–Crippen MR) is 109 cm³/mol. The number of carbonyl (C=O) groups is 1. The molecule has 0 aliphatic carbocycles. The fourth-order valence-electron chi connectivity index (χ4n) is 2.98. The standard InChI is InChI=1S/C22H25N3O3/c1-17-10-12-25(16-17)20(22(26)27)15-18-6-8-19(9-7-18)28-14-13-24(2)21-5-3-4-11-23-21/h3-12,16,20H,13-15H2,1-2H3,(H,26,27)/t20-/m1/s1. The maximum absolute atomic E-state index is 11.6. The molecule has 0 spiro atoms. The Morgan fingerprint density at radius 3 is 2.61 bits per heavy atom. The van der Waals surface area contributed by atoms with Crippen molar-refractivity contribution in [1.29, 1.82) is 0 Å². The predicted octanol–water partition coefficient (Wildman–Crippen LogP) is 3.58. The van der Waals surface area contributed by atoms with Crippen LogP contribution >= 0.6 is 0 Å². The number of pyridine rings is 1. The van der Waals surface area contributed by atoms with Crippen LogP contribution in [0, 0.1) is 6.92 Å². The number of nitrogens with zero attached hydrogens (tertiary/aromatic N) is 3. The molecule has 1 N–H and O–H groups in total. The van der Waals surface area contributed by atoms with Crippen molar-refractivity contribution in [1.82, 2.24) is 9.55 Å². The smallest absolute Gasteiger partial charge is 0.327 e. The quantitative estimate of drug-likeness (QED) is 0.616. The second-order valence-corrected chi connectivity index (χ2v) is 6.80. The Morgan fingerprint density at radius 1 is 1.21 bits per heavy atom. The van der Waals surface area contributed by atoms with Crippen LogP contribution in [0.3, 0.4) is 0 Å². The molecule has 0 amide bonds. The number of aromatic nitrogens is 2. The summed E-state index contributed by atoms with van der Waals surface area (Å²) in [5, 5.41) is 9.56. The monoisotopic (exact) mass is 379 g/mol. The van der Waals surface area contributed by atoms with Gasteiger partial charge in [-0.15, -0.1) is 0 Å². The number of carboxylic acid groups (broad SMARTS) is 1. The fourth-order valence-corrected chi connectivity index (χ4v) is 2.98. The lowest BCUT2D eigenvalue weighted by atomic mass is 10.1. The summed E-state index contributed by atoms with van der Waals surface area (Å²) >= 11 is 0. The van der Waals surface area contributed by atoms with Gasteiger partial charge in [0.05, 0.1) is 6.54 Å². The summed E-state index contributed by atoms with van der Waals surface area (Å²) in [6, 6.07) is 14.7. The van der Waals surface area contributed by atoms with Gasteiger partial charge in [-0.3, -0.25) is 0 Å². The molecule has 6 heteroatoms. The SMILES string of the molecule is Cc1ccn([C@H](Cc2ccc(OCCN(C)c3ccccn3)cc2)C(=O)O)c1. The van der Waals surface area contributed by atoms with Crippen molar-refractivity contribution < 1.29 is 14.6 Å². The highest BCUT2D eigenvalue weighted by atomic mass is 16.5. The number of aryl methyl sites for hydroxylation is 1. The zero-order valence-corrected chi connectivity index (χ0v) is 16.2. The van der Waals surface area contributed by atoms with Crippen molar-refractivity contribution in [3.05, 3.63) is 78.2 Å². The van der Waals surface area contributed by atoms with Gasteiger partial charge in [-0.2, -0.15) is 0 Å². The van der Waals surface area contributed by atoms with Crippen LogP contribution in [-0.2, 0) is 11.2 Å². The van der Waals surface area contributed by atoms with Crippen LogP contribution in [0.1, 0.15) is 17.2 Å². The van der Waals surface area contributed by atoms with Crippen molar-refractivity contribution in [2.24, 2.45) is 0 Å². The molecule has 0 saturated heterocycles. The topological polar surface area (TPSA) is 67.6 Å². The highest BCUT2D eigenvalue weighted by Gasteiger charge is 2.19. The molecule has 3 aromatic rings. The summed E-state index contributed by atoms with van der Waals surface area (Å²) in [6.45, 7) is 3.20. The molecule has 0 unspecified atom stereocenters. The fraction of sp³-hybridized carbons (Fsp3) is 0.273. The van der Waals surface area contributed by atoms with Crippen molar-refractivity contribution in [3.8, 4) is 5.75 Å². The zero-order chi connectivity index (χ0) is 19.9. The van der Waals surface area contributed by atoms with E-state index in [2.05, 4.69) is 4.98 Å². The molecule has 28 heavy (non-hydrogen) atoms. The average molecular weight is 379 g/mol. The van der Waals surface area contributed by atoms with Gasteiger partial charge in [0.2, 0.25) is 0 Å². The minimum Gasteiger partial charge on any atom is -0.492 e. The van der Waals surface area contributed by atoms with E-state index in [9.17, 15) is 9.90 Å². The third-order valence-corrected chi connectivity index (χ3v) is 4.60. The number of ether oxygens (including phenoxy) is 1. The van der Waals surface area contributed by atoms with Crippen molar-refractivity contribution in [2.45, 2.75) is 19.4 Å². The number of likely N-dealkylation sites (N-methyl/N-ethyl adjacent to an activating group) is 1. The van der Waals surface area contributed by atoms with E-state index in [1.165, 1.54) is 0 Å². The van der Waals surface area contributed by atoms with Gasteiger partial charge in [0.25, 0.3) is 0 Å². The molecule has 3 rings (SSSR count). The molecule has 0 fully saturated rings. The Labute approximate surface area is 165 Å². The molecule has 0 aliphatic rings. The van der Waals surface area contributed by atoms with Gasteiger partial charge in [0.1, 0.15) is 24.2 Å². The van der Waals surface area contributed by atoms with Gasteiger partial charge in [-0.1, -0.05) is 18.2 Å². The van der Waals surface area contributed by atoms with Gasteiger partial charge in [0, 0.05) is 32.1 Å². The number of carboxylic acids is 1. The highest BCUT2D eigenvalue weighted by Crippen LogP contribution is 2.19. The van der Waals surface area contributed by atoms with E-state index in [0.29, 0.717) is 19.6 Å². The molecule has 0 aliphatic heterocycles. The summed E-state index contributed by atoms with van der Waals surface area (Å²) in [6.07, 6.45) is 5.86. The molecule has 1 aromatic carbocycles. The lowest BCUT2D eigenvalue weighted by Gasteiger charge is -2.18. The number of rotatable bonds is 9. The van der Waals surface area contributed by atoms with Crippen LogP contribution in [0.2, 0.25) is 0 Å². The Balaban J connectivity index is 1.53. The maximum atomic E-state index is 11.6. The van der Waals surface area contributed by atoms with Crippen LogP contribution < -0.4 is 9.64 Å². The first-order valence-electron chi connectivity index (χ1n) is 9.24. The lowest BCUT2D eigenvalue weighted by Crippen LogP contribution is -2.24. The van der Waals surface area contributed by atoms with Crippen LogP contribution in [-0.4, -0.2) is 40.8 Å². The summed E-state index contributed by atoms with van der Waals surface area (Å²) < 4.78 is 7.55. The second kappa shape index (κ2) is 9.08. The molecule has 0 radical (unpaired) electrons. The third-order valence-electron chi connectivity index (χ3n) is 4.60. The second-order valence-electron chi connectivity index (χ2n) is 6.80. The van der Waals surface area contributed by atoms with Crippen molar-refractivity contribution in [3.63, 3.8) is 0 Å². The first-order valence-corrected chi connectivity index (χ1v) is 9.24. The minimum atomic E-state index is -0.839. The van der Waals surface area contributed by atoms with E-state index < -0.39 is 12.0 Å². The maximum Gasteiger partial charge on any atom is 0.327 e. The molecule has 2 aromatic heterocycles. The van der Waals surface area contributed by atoms with E-state index in [0.717, 1.165) is 22.7 Å². The molecule has 2 heterocycles. The highest BCUT2D eigenvalue weighted by molar-refractivity contribution is 5.72. The summed E-state index contributed by atoms with van der Waals surface area (Å²) in [4.78, 5) is 18.0. The number of hydrogen-bond acceptors (Lipinski definition) is 4. The number of hydrogen-bond donors (Lipinski definition) is 1. The van der Waals surface area contributed by atoms with E-state index in [1.54, 1.807) is 10.8 Å². The van der Waals surface area contributed by atoms with E-state index in [-0.39, 0.29) is 0 Å². The number of benzene rings is 1. The minimum absolute atomic E-state index is 0.423. The van der Waals surface area contributed by atoms with Gasteiger partial charge in [-0.05, 0) is 48.4 Å². The van der Waals surface area contributed by atoms with E-state index in [4.69, 9.17) is 4.74 Å². The summed E-state index contributed by atoms with van der Waals surface area (Å²) in [5.41, 5.74) is 2.00. The van der Waals surface area contributed by atoms with Crippen LogP contribution in [0.25, 0.3) is 0 Å². The zero-order valence-electron chi connectivity index (χ0n) is 16.2. The van der Waals surface area contributed by atoms with Crippen molar-refractivity contribution in [2.75, 3.05) is 25.1 Å². The number of anilines is 1. The first kappa shape index (κ1) is 19.5. The molecule has 146 valence electrons. The van der Waals surface area contributed by atoms with Gasteiger partial charge >= 0.3 is 5.97 Å². The molecular weight excluding hydrogens is 354 g/mol. The Kier molecular flexibility index (Phi) is 6.32. The lowest BCUT2D eigenvalue weighted by molar-refractivity contribution is -0.140.